The third kappa shape index (κ3) is 5.01. The van der Waals surface area contributed by atoms with Crippen molar-refractivity contribution in [2.75, 3.05) is 19.7 Å². The molecule has 192 valence electrons. The Kier molecular flexibility index (Phi) is 6.47. The molecule has 37 heavy (non-hydrogen) atoms. The number of halogens is 1. The number of carboxylic acid groups (broad SMARTS) is 1. The first kappa shape index (κ1) is 23.8. The predicted molar refractivity (Wildman–Crippen MR) is 136 cm³/mol. The Hall–Kier alpha value is -3.58. The molecule has 3 aliphatic rings. The SMILES string of the molecule is O=C(O)CC1COc2cc(O[C@@H]3CCc4c(Oc5ccc(CN6CCCC6)cc5)ccc(F)c43)ccc21. The number of fused-ring (bicyclic) bond motifs is 2. The molecule has 0 amide bonds. The van der Waals surface area contributed by atoms with Crippen molar-refractivity contribution in [3.8, 4) is 23.0 Å². The van der Waals surface area contributed by atoms with Gasteiger partial charge in [-0.05, 0) is 74.7 Å². The minimum Gasteiger partial charge on any atom is -0.492 e. The fourth-order valence-corrected chi connectivity index (χ4v) is 5.72. The summed E-state index contributed by atoms with van der Waals surface area (Å²) in [6.45, 7) is 3.62. The number of ether oxygens (including phenoxy) is 3. The first-order chi connectivity index (χ1) is 18.0. The van der Waals surface area contributed by atoms with Crippen molar-refractivity contribution in [3.05, 3.63) is 82.7 Å². The van der Waals surface area contributed by atoms with Crippen LogP contribution >= 0.6 is 0 Å². The summed E-state index contributed by atoms with van der Waals surface area (Å²) in [5, 5.41) is 9.11. The van der Waals surface area contributed by atoms with E-state index in [1.165, 1.54) is 24.5 Å². The van der Waals surface area contributed by atoms with E-state index in [9.17, 15) is 9.18 Å². The third-order valence-electron chi connectivity index (χ3n) is 7.56. The number of rotatable bonds is 8. The number of hydrogen-bond acceptors (Lipinski definition) is 5. The Morgan fingerprint density at radius 3 is 2.62 bits per heavy atom. The van der Waals surface area contributed by atoms with Crippen LogP contribution in [0.4, 0.5) is 4.39 Å². The van der Waals surface area contributed by atoms with Crippen LogP contribution in [0.1, 0.15) is 60.0 Å². The molecule has 1 saturated heterocycles. The van der Waals surface area contributed by atoms with Crippen molar-refractivity contribution in [2.45, 2.75) is 50.7 Å². The third-order valence-corrected chi connectivity index (χ3v) is 7.56. The summed E-state index contributed by atoms with van der Waals surface area (Å²) < 4.78 is 33.1. The summed E-state index contributed by atoms with van der Waals surface area (Å²) in [5.74, 6) is 1.28. The van der Waals surface area contributed by atoms with E-state index in [2.05, 4.69) is 17.0 Å². The Balaban J connectivity index is 1.16. The molecule has 1 fully saturated rings. The van der Waals surface area contributed by atoms with Crippen LogP contribution in [0.5, 0.6) is 23.0 Å². The van der Waals surface area contributed by atoms with E-state index in [0.717, 1.165) is 36.5 Å². The van der Waals surface area contributed by atoms with Crippen molar-refractivity contribution in [1.82, 2.24) is 4.90 Å². The molecule has 0 saturated carbocycles. The van der Waals surface area contributed by atoms with Crippen LogP contribution in [0.15, 0.2) is 54.6 Å². The summed E-state index contributed by atoms with van der Waals surface area (Å²) in [4.78, 5) is 13.6. The zero-order valence-electron chi connectivity index (χ0n) is 20.6. The molecule has 6 rings (SSSR count). The lowest BCUT2D eigenvalue weighted by Crippen LogP contribution is -2.18. The maximum atomic E-state index is 15.0. The highest BCUT2D eigenvalue weighted by Gasteiger charge is 2.32. The molecule has 7 heteroatoms. The lowest BCUT2D eigenvalue weighted by Gasteiger charge is -2.18. The van der Waals surface area contributed by atoms with Crippen molar-refractivity contribution in [1.29, 1.82) is 0 Å². The first-order valence-electron chi connectivity index (χ1n) is 13.0. The summed E-state index contributed by atoms with van der Waals surface area (Å²) in [5.41, 5.74) is 3.51. The molecule has 2 aliphatic heterocycles. The normalized spacial score (nSPS) is 20.4. The molecule has 0 radical (unpaired) electrons. The molecule has 1 N–H and O–H groups in total. The van der Waals surface area contributed by atoms with E-state index >= 15 is 0 Å². The molecule has 1 unspecified atom stereocenters. The van der Waals surface area contributed by atoms with E-state index in [0.29, 0.717) is 42.3 Å². The molecular weight excluding hydrogens is 473 g/mol. The molecule has 2 heterocycles. The molecule has 2 atom stereocenters. The molecule has 0 aromatic heterocycles. The van der Waals surface area contributed by atoms with E-state index in [4.69, 9.17) is 19.3 Å². The van der Waals surface area contributed by atoms with Crippen LogP contribution in [-0.4, -0.2) is 35.7 Å². The highest BCUT2D eigenvalue weighted by atomic mass is 19.1. The van der Waals surface area contributed by atoms with Gasteiger partial charge < -0.3 is 19.3 Å². The van der Waals surface area contributed by atoms with E-state index < -0.39 is 12.1 Å². The van der Waals surface area contributed by atoms with Gasteiger partial charge >= 0.3 is 5.97 Å². The van der Waals surface area contributed by atoms with Crippen molar-refractivity contribution in [3.63, 3.8) is 0 Å². The molecule has 0 spiro atoms. The van der Waals surface area contributed by atoms with Gasteiger partial charge in [-0.3, -0.25) is 9.69 Å². The van der Waals surface area contributed by atoms with Gasteiger partial charge in [-0.2, -0.15) is 0 Å². The van der Waals surface area contributed by atoms with Gasteiger partial charge in [-0.1, -0.05) is 18.2 Å². The number of nitrogens with zero attached hydrogens (tertiary/aromatic N) is 1. The molecule has 0 bridgehead atoms. The second-order valence-corrected chi connectivity index (χ2v) is 10.1. The van der Waals surface area contributed by atoms with Crippen molar-refractivity contribution < 1.29 is 28.5 Å². The second kappa shape index (κ2) is 10.1. The Morgan fingerprint density at radius 1 is 1.05 bits per heavy atom. The number of carbonyl (C=O) groups is 1. The fraction of sp³-hybridized carbons (Fsp3) is 0.367. The monoisotopic (exact) mass is 503 g/mol. The summed E-state index contributed by atoms with van der Waals surface area (Å²) in [6.07, 6.45) is 3.43. The average Bonchev–Trinajstić information content (AvgIpc) is 3.63. The van der Waals surface area contributed by atoms with E-state index in [-0.39, 0.29) is 18.2 Å². The quantitative estimate of drug-likeness (QED) is 0.393. The number of hydrogen-bond donors (Lipinski definition) is 1. The molecule has 3 aromatic carbocycles. The maximum Gasteiger partial charge on any atom is 0.304 e. The fourth-order valence-electron chi connectivity index (χ4n) is 5.72. The smallest absolute Gasteiger partial charge is 0.304 e. The van der Waals surface area contributed by atoms with E-state index in [1.54, 1.807) is 12.1 Å². The number of aliphatic carboxylic acids is 1. The maximum absolute atomic E-state index is 15.0. The van der Waals surface area contributed by atoms with Crippen LogP contribution in [-0.2, 0) is 17.8 Å². The lowest BCUT2D eigenvalue weighted by molar-refractivity contribution is -0.137. The molecule has 3 aromatic rings. The largest absolute Gasteiger partial charge is 0.492 e. The zero-order chi connectivity index (χ0) is 25.4. The minimum atomic E-state index is -0.851. The molecular formula is C30H30FNO5. The van der Waals surface area contributed by atoms with Gasteiger partial charge in [-0.25, -0.2) is 4.39 Å². The van der Waals surface area contributed by atoms with Crippen LogP contribution in [0, 0.1) is 5.82 Å². The van der Waals surface area contributed by atoms with Crippen LogP contribution in [0.25, 0.3) is 0 Å². The Morgan fingerprint density at radius 2 is 1.84 bits per heavy atom. The number of likely N-dealkylation sites (tertiary alicyclic amines) is 1. The van der Waals surface area contributed by atoms with Gasteiger partial charge in [0.15, 0.2) is 0 Å². The predicted octanol–water partition coefficient (Wildman–Crippen LogP) is 6.23. The average molecular weight is 504 g/mol. The van der Waals surface area contributed by atoms with Gasteiger partial charge in [0.25, 0.3) is 0 Å². The number of carboxylic acids is 1. The topological polar surface area (TPSA) is 68.2 Å². The summed E-state index contributed by atoms with van der Waals surface area (Å²) in [6, 6.07) is 16.7. The highest BCUT2D eigenvalue weighted by Crippen LogP contribution is 2.44. The van der Waals surface area contributed by atoms with Gasteiger partial charge in [0.05, 0.1) is 13.0 Å². The van der Waals surface area contributed by atoms with Crippen LogP contribution in [0.2, 0.25) is 0 Å². The van der Waals surface area contributed by atoms with Gasteiger partial charge in [0.1, 0.15) is 34.9 Å². The standard InChI is InChI=1S/C30H30FNO5/c31-25-10-12-26(36-21-5-3-19(4-6-21)17-32-13-1-2-14-32)24-9-11-27(30(24)25)37-22-7-8-23-20(15-29(33)34)18-35-28(23)16-22/h3-8,10,12,16,20,27H,1-2,9,11,13-15,17-18H2,(H,33,34)/t20?,27-/m1/s1. The summed E-state index contributed by atoms with van der Waals surface area (Å²) in [7, 11) is 0. The second-order valence-electron chi connectivity index (χ2n) is 10.1. The molecule has 1 aliphatic carbocycles. The first-order valence-corrected chi connectivity index (χ1v) is 13.0. The van der Waals surface area contributed by atoms with E-state index in [1.807, 2.05) is 24.3 Å². The summed E-state index contributed by atoms with van der Waals surface area (Å²) >= 11 is 0. The van der Waals surface area contributed by atoms with Gasteiger partial charge in [-0.15, -0.1) is 0 Å². The van der Waals surface area contributed by atoms with Crippen LogP contribution in [0.3, 0.4) is 0 Å². The van der Waals surface area contributed by atoms with Crippen LogP contribution < -0.4 is 14.2 Å². The zero-order valence-corrected chi connectivity index (χ0v) is 20.6. The van der Waals surface area contributed by atoms with Crippen molar-refractivity contribution >= 4 is 5.97 Å². The van der Waals surface area contributed by atoms with Gasteiger partial charge in [0, 0.05) is 35.2 Å². The molecule has 6 nitrogen and oxygen atoms in total. The Bertz CT molecular complexity index is 1300. The minimum absolute atomic E-state index is 0.0262. The number of benzene rings is 3. The lowest BCUT2D eigenvalue weighted by atomic mass is 9.98. The highest BCUT2D eigenvalue weighted by molar-refractivity contribution is 5.68. The van der Waals surface area contributed by atoms with Crippen molar-refractivity contribution in [2.24, 2.45) is 0 Å². The Labute approximate surface area is 215 Å². The van der Waals surface area contributed by atoms with Gasteiger partial charge in [0.2, 0.25) is 0 Å².